The Morgan fingerprint density at radius 2 is 1.70 bits per heavy atom. The summed E-state index contributed by atoms with van der Waals surface area (Å²) in [5, 5.41) is 7.94. The second-order valence-electron chi connectivity index (χ2n) is 7.01. The van der Waals surface area contributed by atoms with E-state index in [1.807, 2.05) is 0 Å². The predicted octanol–water partition coefficient (Wildman–Crippen LogP) is 5.29. The minimum Gasteiger partial charge on any atom is -0.406 e. The van der Waals surface area contributed by atoms with E-state index >= 15 is 0 Å². The lowest BCUT2D eigenvalue weighted by molar-refractivity contribution is -0.274. The van der Waals surface area contributed by atoms with Crippen LogP contribution in [0.4, 0.5) is 32.4 Å². The van der Waals surface area contributed by atoms with E-state index in [9.17, 15) is 26.7 Å². The normalized spacial score (nSPS) is 15.8. The number of ether oxygens (including phenoxy) is 1. The number of benzene rings is 2. The van der Waals surface area contributed by atoms with E-state index in [1.54, 1.807) is 6.07 Å². The van der Waals surface area contributed by atoms with Gasteiger partial charge >= 0.3 is 12.4 Å². The Balaban J connectivity index is 1.55. The predicted molar refractivity (Wildman–Crippen MR) is 109 cm³/mol. The van der Waals surface area contributed by atoms with E-state index in [-0.39, 0.29) is 12.2 Å². The molecule has 33 heavy (non-hydrogen) atoms. The Hall–Kier alpha value is -4.02. The van der Waals surface area contributed by atoms with Crippen LogP contribution in [-0.2, 0) is 0 Å². The number of hydrogen-bond acceptors (Lipinski definition) is 4. The first-order valence-corrected chi connectivity index (χ1v) is 9.59. The highest BCUT2D eigenvalue weighted by Gasteiger charge is 2.34. The number of carbonyl (C=O) groups is 1. The van der Waals surface area contributed by atoms with Crippen molar-refractivity contribution in [2.45, 2.75) is 12.3 Å². The number of anilines is 1. The first kappa shape index (κ1) is 22.2. The molecule has 1 aliphatic rings. The minimum absolute atomic E-state index is 0.0181. The summed E-state index contributed by atoms with van der Waals surface area (Å²) in [4.78, 5) is 16.6. The summed E-state index contributed by atoms with van der Waals surface area (Å²) >= 11 is 0. The van der Waals surface area contributed by atoms with Crippen LogP contribution in [0.15, 0.2) is 71.8 Å². The first-order valence-electron chi connectivity index (χ1n) is 9.59. The third kappa shape index (κ3) is 5.43. The van der Waals surface area contributed by atoms with Gasteiger partial charge in [0.15, 0.2) is 0 Å². The average Bonchev–Trinajstić information content (AvgIpc) is 3.20. The summed E-state index contributed by atoms with van der Waals surface area (Å²) in [6.07, 6.45) is -4.83. The van der Waals surface area contributed by atoms with Gasteiger partial charge in [-0.1, -0.05) is 18.2 Å². The van der Waals surface area contributed by atoms with Crippen molar-refractivity contribution in [2.24, 2.45) is 5.10 Å². The Morgan fingerprint density at radius 3 is 2.33 bits per heavy atom. The van der Waals surface area contributed by atoms with E-state index in [0.29, 0.717) is 17.0 Å². The van der Waals surface area contributed by atoms with E-state index in [4.69, 9.17) is 0 Å². The molecule has 1 N–H and O–H groups in total. The van der Waals surface area contributed by atoms with Gasteiger partial charge in [0.25, 0.3) is 0 Å². The standard InChI is InChI=1S/C22H15F5N4O2/c23-14-6-4-13(5-7-14)20-17(18-2-1-3-19(24)29-18)12-31(30-20)21(32)28-15-8-10-16(11-9-15)33-22(25,26)27/h1-11,17H,12H2,(H,28,32). The number of halogens is 5. The van der Waals surface area contributed by atoms with E-state index in [2.05, 4.69) is 20.1 Å². The van der Waals surface area contributed by atoms with Crippen LogP contribution < -0.4 is 10.1 Å². The molecule has 1 aliphatic heterocycles. The summed E-state index contributed by atoms with van der Waals surface area (Å²) in [5.74, 6) is -2.17. The van der Waals surface area contributed by atoms with Crippen LogP contribution in [0.2, 0.25) is 0 Å². The van der Waals surface area contributed by atoms with Crippen LogP contribution in [0.5, 0.6) is 5.75 Å². The van der Waals surface area contributed by atoms with Crippen molar-refractivity contribution in [3.05, 3.63) is 89.8 Å². The van der Waals surface area contributed by atoms with Crippen molar-refractivity contribution in [1.29, 1.82) is 0 Å². The van der Waals surface area contributed by atoms with Gasteiger partial charge in [0, 0.05) is 5.69 Å². The highest BCUT2D eigenvalue weighted by atomic mass is 19.4. The topological polar surface area (TPSA) is 66.8 Å². The Morgan fingerprint density at radius 1 is 1.00 bits per heavy atom. The molecule has 0 spiro atoms. The number of pyridine rings is 1. The zero-order chi connectivity index (χ0) is 23.6. The molecule has 4 rings (SSSR count). The summed E-state index contributed by atoms with van der Waals surface area (Å²) in [5.41, 5.74) is 1.45. The smallest absolute Gasteiger partial charge is 0.406 e. The lowest BCUT2D eigenvalue weighted by atomic mass is 9.94. The van der Waals surface area contributed by atoms with Crippen molar-refractivity contribution >= 4 is 17.4 Å². The molecule has 1 atom stereocenters. The summed E-state index contributed by atoms with van der Waals surface area (Å²) in [6, 6.07) is 13.6. The second-order valence-corrected chi connectivity index (χ2v) is 7.01. The number of nitrogens with one attached hydrogen (secondary N) is 1. The molecule has 1 unspecified atom stereocenters. The van der Waals surface area contributed by atoms with Gasteiger partial charge in [-0.05, 0) is 54.1 Å². The third-order valence-corrected chi connectivity index (χ3v) is 4.72. The molecule has 0 bridgehead atoms. The Kier molecular flexibility index (Phi) is 5.95. The molecule has 1 aromatic heterocycles. The maximum atomic E-state index is 13.7. The number of urea groups is 1. The highest BCUT2D eigenvalue weighted by Crippen LogP contribution is 2.29. The zero-order valence-electron chi connectivity index (χ0n) is 16.7. The van der Waals surface area contributed by atoms with E-state index < -0.39 is 35.8 Å². The number of carbonyl (C=O) groups excluding carboxylic acids is 1. The number of aromatic nitrogens is 1. The van der Waals surface area contributed by atoms with Gasteiger partial charge in [0.2, 0.25) is 5.95 Å². The van der Waals surface area contributed by atoms with Crippen LogP contribution in [0.1, 0.15) is 17.2 Å². The quantitative estimate of drug-likeness (QED) is 0.423. The molecule has 6 nitrogen and oxygen atoms in total. The summed E-state index contributed by atoms with van der Waals surface area (Å²) in [7, 11) is 0. The van der Waals surface area contributed by atoms with Crippen molar-refractivity contribution in [3.8, 4) is 5.75 Å². The molecule has 0 saturated carbocycles. The molecule has 0 radical (unpaired) electrons. The fraction of sp³-hybridized carbons (Fsp3) is 0.136. The maximum absolute atomic E-state index is 13.7. The first-order chi connectivity index (χ1) is 15.7. The van der Waals surface area contributed by atoms with Crippen molar-refractivity contribution < 1.29 is 31.5 Å². The zero-order valence-corrected chi connectivity index (χ0v) is 16.7. The lowest BCUT2D eigenvalue weighted by Gasteiger charge is -2.16. The third-order valence-electron chi connectivity index (χ3n) is 4.72. The highest BCUT2D eigenvalue weighted by molar-refractivity contribution is 6.07. The van der Waals surface area contributed by atoms with Gasteiger partial charge < -0.3 is 10.1 Å². The molecule has 0 saturated heterocycles. The summed E-state index contributed by atoms with van der Waals surface area (Å²) in [6.45, 7) is 0.0181. The molecule has 3 aromatic rings. The number of alkyl halides is 3. The lowest BCUT2D eigenvalue weighted by Crippen LogP contribution is -2.30. The van der Waals surface area contributed by atoms with Crippen molar-refractivity contribution in [3.63, 3.8) is 0 Å². The molecule has 0 aliphatic carbocycles. The van der Waals surface area contributed by atoms with Crippen LogP contribution in [0, 0.1) is 11.8 Å². The Labute approximate surface area is 184 Å². The monoisotopic (exact) mass is 462 g/mol. The number of hydrogen-bond donors (Lipinski definition) is 1. The largest absolute Gasteiger partial charge is 0.573 e. The maximum Gasteiger partial charge on any atom is 0.573 e. The molecule has 170 valence electrons. The van der Waals surface area contributed by atoms with Crippen LogP contribution in [0.25, 0.3) is 0 Å². The van der Waals surface area contributed by atoms with Gasteiger partial charge in [-0.3, -0.25) is 0 Å². The number of rotatable bonds is 4. The molecule has 2 amide bonds. The van der Waals surface area contributed by atoms with E-state index in [1.165, 1.54) is 48.5 Å². The fourth-order valence-electron chi connectivity index (χ4n) is 3.29. The van der Waals surface area contributed by atoms with Gasteiger partial charge in [0.1, 0.15) is 11.6 Å². The van der Waals surface area contributed by atoms with Gasteiger partial charge in [-0.2, -0.15) is 9.49 Å². The Bertz CT molecular complexity index is 1180. The van der Waals surface area contributed by atoms with Crippen molar-refractivity contribution in [2.75, 3.05) is 11.9 Å². The van der Waals surface area contributed by atoms with Gasteiger partial charge in [-0.25, -0.2) is 19.2 Å². The average molecular weight is 462 g/mol. The van der Waals surface area contributed by atoms with Gasteiger partial charge in [-0.15, -0.1) is 13.2 Å². The minimum atomic E-state index is -4.83. The van der Waals surface area contributed by atoms with E-state index in [0.717, 1.165) is 17.1 Å². The molecular weight excluding hydrogens is 447 g/mol. The number of amides is 2. The molecular formula is C22H15F5N4O2. The SMILES string of the molecule is O=C(Nc1ccc(OC(F)(F)F)cc1)N1CC(c2cccc(F)n2)C(c2ccc(F)cc2)=N1. The fourth-order valence-corrected chi connectivity index (χ4v) is 3.29. The summed E-state index contributed by atoms with van der Waals surface area (Å²) < 4.78 is 67.8. The molecule has 0 fully saturated rings. The van der Waals surface area contributed by atoms with Crippen LogP contribution in [-0.4, -0.2) is 34.6 Å². The molecule has 2 heterocycles. The number of nitrogens with zero attached hydrogens (tertiary/aromatic N) is 3. The molecule has 11 heteroatoms. The second kappa shape index (κ2) is 8.85. The van der Waals surface area contributed by atoms with Crippen LogP contribution >= 0.6 is 0 Å². The molecule has 2 aromatic carbocycles. The van der Waals surface area contributed by atoms with Crippen molar-refractivity contribution in [1.82, 2.24) is 9.99 Å². The van der Waals surface area contributed by atoms with Crippen LogP contribution in [0.3, 0.4) is 0 Å². The number of hydrazone groups is 1. The van der Waals surface area contributed by atoms with Gasteiger partial charge in [0.05, 0.1) is 23.9 Å².